The van der Waals surface area contributed by atoms with Gasteiger partial charge in [0.05, 0.1) is 11.8 Å². The lowest BCUT2D eigenvalue weighted by atomic mass is 9.49. The predicted molar refractivity (Wildman–Crippen MR) is 86.8 cm³/mol. The van der Waals surface area contributed by atoms with Crippen molar-refractivity contribution >= 4 is 11.9 Å². The van der Waals surface area contributed by atoms with Gasteiger partial charge in [-0.15, -0.1) is 0 Å². The lowest BCUT2D eigenvalue weighted by Crippen LogP contribution is -2.58. The molecule has 2 atom stereocenters. The molecule has 1 aliphatic heterocycles. The molecule has 5 rings (SSSR count). The summed E-state index contributed by atoms with van der Waals surface area (Å²) in [5.41, 5.74) is -0.136. The van der Waals surface area contributed by atoms with Crippen LogP contribution in [-0.2, 0) is 9.59 Å². The van der Waals surface area contributed by atoms with Crippen molar-refractivity contribution in [3.63, 3.8) is 0 Å². The lowest BCUT2D eigenvalue weighted by Gasteiger charge is -2.57. The van der Waals surface area contributed by atoms with Crippen LogP contribution in [0.3, 0.4) is 0 Å². The first kappa shape index (κ1) is 15.5. The summed E-state index contributed by atoms with van der Waals surface area (Å²) in [6.45, 7) is 2.88. The molecule has 0 spiro atoms. The van der Waals surface area contributed by atoms with Crippen molar-refractivity contribution in [2.24, 2.45) is 29.1 Å². The highest BCUT2D eigenvalue weighted by Crippen LogP contribution is 2.60. The number of piperidine rings is 1. The van der Waals surface area contributed by atoms with Crippen LogP contribution in [0.15, 0.2) is 0 Å². The average Bonchev–Trinajstić information content (AvgIpc) is 2.47. The first-order valence-corrected chi connectivity index (χ1v) is 9.50. The Bertz CT molecular complexity index is 479. The number of amides is 1. The summed E-state index contributed by atoms with van der Waals surface area (Å²) in [6.07, 6.45) is 9.40. The van der Waals surface area contributed by atoms with Crippen LogP contribution in [0.4, 0.5) is 0 Å². The van der Waals surface area contributed by atoms with Gasteiger partial charge in [0.25, 0.3) is 0 Å². The zero-order chi connectivity index (χ0) is 16.2. The number of likely N-dealkylation sites (tertiary alicyclic amines) is 1. The van der Waals surface area contributed by atoms with Crippen LogP contribution in [0.25, 0.3) is 0 Å². The summed E-state index contributed by atoms with van der Waals surface area (Å²) in [5, 5.41) is 9.28. The number of nitrogens with zero attached hydrogens (tertiary/aromatic N) is 1. The molecule has 4 saturated carbocycles. The summed E-state index contributed by atoms with van der Waals surface area (Å²) < 4.78 is 0. The molecule has 5 aliphatic rings. The number of carboxylic acids is 1. The number of carbonyl (C=O) groups excluding carboxylic acids is 1. The minimum atomic E-state index is -0.771. The molecule has 0 radical (unpaired) electrons. The third-order valence-corrected chi connectivity index (χ3v) is 7.25. The van der Waals surface area contributed by atoms with E-state index in [0.29, 0.717) is 11.8 Å². The van der Waals surface area contributed by atoms with E-state index in [4.69, 9.17) is 0 Å². The molecule has 1 heterocycles. The summed E-state index contributed by atoms with van der Waals surface area (Å²) in [4.78, 5) is 26.8. The van der Waals surface area contributed by atoms with Crippen molar-refractivity contribution in [3.8, 4) is 0 Å². The monoisotopic (exact) mass is 319 g/mol. The predicted octanol–water partition coefficient (Wildman–Crippen LogP) is 3.30. The van der Waals surface area contributed by atoms with Gasteiger partial charge in [-0.05, 0) is 75.0 Å². The van der Waals surface area contributed by atoms with Crippen molar-refractivity contribution in [2.45, 2.75) is 70.8 Å². The van der Waals surface area contributed by atoms with Gasteiger partial charge in [-0.25, -0.2) is 0 Å². The molecule has 0 aromatic heterocycles. The van der Waals surface area contributed by atoms with Gasteiger partial charge in [-0.3, -0.25) is 9.59 Å². The minimum absolute atomic E-state index is 0.0956. The van der Waals surface area contributed by atoms with Crippen LogP contribution in [0.5, 0.6) is 0 Å². The molecule has 2 unspecified atom stereocenters. The van der Waals surface area contributed by atoms with E-state index < -0.39 is 5.97 Å². The van der Waals surface area contributed by atoms with Crippen molar-refractivity contribution in [1.29, 1.82) is 0 Å². The smallest absolute Gasteiger partial charge is 0.305 e. The fourth-order valence-electron chi connectivity index (χ4n) is 6.67. The Morgan fingerprint density at radius 3 is 2.17 bits per heavy atom. The van der Waals surface area contributed by atoms with Gasteiger partial charge in [0.15, 0.2) is 0 Å². The van der Waals surface area contributed by atoms with E-state index in [0.717, 1.165) is 56.4 Å². The maximum atomic E-state index is 13.5. The molecular weight excluding hydrogens is 290 g/mol. The Kier molecular flexibility index (Phi) is 3.69. The van der Waals surface area contributed by atoms with E-state index in [1.807, 2.05) is 4.90 Å². The topological polar surface area (TPSA) is 57.6 Å². The second kappa shape index (κ2) is 5.49. The summed E-state index contributed by atoms with van der Waals surface area (Å²) >= 11 is 0. The van der Waals surface area contributed by atoms with Crippen molar-refractivity contribution < 1.29 is 14.7 Å². The number of rotatable bonds is 3. The van der Waals surface area contributed by atoms with Crippen LogP contribution in [-0.4, -0.2) is 34.5 Å². The first-order valence-electron chi connectivity index (χ1n) is 9.50. The van der Waals surface area contributed by atoms with Crippen molar-refractivity contribution in [1.82, 2.24) is 4.90 Å². The zero-order valence-electron chi connectivity index (χ0n) is 14.2. The molecule has 5 fully saturated rings. The van der Waals surface area contributed by atoms with Gasteiger partial charge >= 0.3 is 5.97 Å². The highest BCUT2D eigenvalue weighted by Gasteiger charge is 2.56. The highest BCUT2D eigenvalue weighted by molar-refractivity contribution is 5.84. The van der Waals surface area contributed by atoms with E-state index in [-0.39, 0.29) is 17.9 Å². The second-order valence-corrected chi connectivity index (χ2v) is 8.98. The summed E-state index contributed by atoms with van der Waals surface area (Å²) in [6, 6.07) is -0.0956. The Morgan fingerprint density at radius 2 is 1.65 bits per heavy atom. The fourth-order valence-corrected chi connectivity index (χ4v) is 6.67. The second-order valence-electron chi connectivity index (χ2n) is 8.98. The molecule has 1 saturated heterocycles. The third kappa shape index (κ3) is 2.58. The Labute approximate surface area is 138 Å². The van der Waals surface area contributed by atoms with E-state index >= 15 is 0 Å². The quantitative estimate of drug-likeness (QED) is 0.868. The van der Waals surface area contributed by atoms with E-state index in [9.17, 15) is 14.7 Å². The molecular formula is C19H29NO3. The molecule has 4 aliphatic carbocycles. The van der Waals surface area contributed by atoms with Crippen molar-refractivity contribution in [3.05, 3.63) is 0 Å². The number of aliphatic carboxylic acids is 1. The minimum Gasteiger partial charge on any atom is -0.481 e. The lowest BCUT2D eigenvalue weighted by molar-refractivity contribution is -0.164. The molecule has 1 amide bonds. The molecule has 4 bridgehead atoms. The van der Waals surface area contributed by atoms with Crippen LogP contribution < -0.4 is 0 Å². The molecule has 0 aromatic rings. The van der Waals surface area contributed by atoms with E-state index in [1.165, 1.54) is 19.3 Å². The molecule has 128 valence electrons. The first-order chi connectivity index (χ1) is 11.0. The summed E-state index contributed by atoms with van der Waals surface area (Å²) in [7, 11) is 0. The summed E-state index contributed by atoms with van der Waals surface area (Å²) in [5.74, 6) is 2.11. The molecule has 1 N–H and O–H groups in total. The van der Waals surface area contributed by atoms with Gasteiger partial charge in [-0.1, -0.05) is 6.92 Å². The Balaban J connectivity index is 1.58. The largest absolute Gasteiger partial charge is 0.481 e. The highest BCUT2D eigenvalue weighted by atomic mass is 16.4. The van der Waals surface area contributed by atoms with E-state index in [1.54, 1.807) is 0 Å². The Hall–Kier alpha value is -1.06. The van der Waals surface area contributed by atoms with Gasteiger partial charge < -0.3 is 10.0 Å². The fraction of sp³-hybridized carbons (Fsp3) is 0.895. The third-order valence-electron chi connectivity index (χ3n) is 7.25. The van der Waals surface area contributed by atoms with Gasteiger partial charge in [0.2, 0.25) is 5.91 Å². The normalized spacial score (nSPS) is 45.3. The van der Waals surface area contributed by atoms with Gasteiger partial charge in [0.1, 0.15) is 0 Å². The zero-order valence-corrected chi connectivity index (χ0v) is 14.2. The number of carboxylic acid groups (broad SMARTS) is 1. The van der Waals surface area contributed by atoms with Gasteiger partial charge in [0, 0.05) is 12.6 Å². The molecule has 23 heavy (non-hydrogen) atoms. The van der Waals surface area contributed by atoms with Crippen LogP contribution >= 0.6 is 0 Å². The van der Waals surface area contributed by atoms with Crippen LogP contribution in [0, 0.1) is 29.1 Å². The molecule has 4 heteroatoms. The van der Waals surface area contributed by atoms with Crippen molar-refractivity contribution in [2.75, 3.05) is 6.54 Å². The Morgan fingerprint density at radius 1 is 1.09 bits per heavy atom. The number of hydrogen-bond donors (Lipinski definition) is 1. The number of carbonyl (C=O) groups is 2. The van der Waals surface area contributed by atoms with Crippen LogP contribution in [0.2, 0.25) is 0 Å². The molecule has 0 aromatic carbocycles. The van der Waals surface area contributed by atoms with E-state index in [2.05, 4.69) is 6.92 Å². The maximum absolute atomic E-state index is 13.5. The maximum Gasteiger partial charge on any atom is 0.305 e. The number of hydrogen-bond acceptors (Lipinski definition) is 2. The van der Waals surface area contributed by atoms with Crippen LogP contribution in [0.1, 0.15) is 64.7 Å². The standard InChI is InChI=1S/C19H29NO3/c1-12-3-2-4-20(16(12)8-17(21)22)18(23)19-9-13-5-14(10-19)7-15(6-13)11-19/h12-16H,2-11H2,1H3,(H,21,22). The molecule has 4 nitrogen and oxygen atoms in total. The average molecular weight is 319 g/mol. The SMILES string of the molecule is CC1CCCN(C(=O)C23CC4CC(CC(C4)C2)C3)C1CC(=O)O. The van der Waals surface area contributed by atoms with Gasteiger partial charge in [-0.2, -0.15) is 0 Å².